The number of H-pyrrole nitrogens is 1. The summed E-state index contributed by atoms with van der Waals surface area (Å²) >= 11 is 0. The topological polar surface area (TPSA) is 37.9 Å². The monoisotopic (exact) mass is 250 g/mol. The molecule has 0 aliphatic carbocycles. The number of hydrogen-bond donors (Lipinski definition) is 1. The molecular weight excluding hydrogens is 236 g/mol. The minimum Gasteiger partial charge on any atom is -0.497 e. The van der Waals surface area contributed by atoms with Gasteiger partial charge in [0.25, 0.3) is 0 Å². The highest BCUT2D eigenvalue weighted by Gasteiger charge is 2.02. The Kier molecular flexibility index (Phi) is 3.02. The van der Waals surface area contributed by atoms with Crippen molar-refractivity contribution in [2.45, 2.75) is 0 Å². The molecule has 3 aromatic rings. The zero-order valence-electron chi connectivity index (χ0n) is 10.6. The van der Waals surface area contributed by atoms with Crippen LogP contribution in [-0.4, -0.2) is 17.1 Å². The van der Waals surface area contributed by atoms with Crippen molar-refractivity contribution in [3.05, 3.63) is 61.1 Å². The fourth-order valence-corrected chi connectivity index (χ4v) is 2.06. The lowest BCUT2D eigenvalue weighted by molar-refractivity contribution is 0.415. The molecule has 1 heterocycles. The van der Waals surface area contributed by atoms with E-state index in [0.717, 1.165) is 22.6 Å². The summed E-state index contributed by atoms with van der Waals surface area (Å²) in [6, 6.07) is 16.4. The average Bonchev–Trinajstić information content (AvgIpc) is 3.02. The second-order valence-corrected chi connectivity index (χ2v) is 4.27. The van der Waals surface area contributed by atoms with Crippen LogP contribution in [0, 0.1) is 0 Å². The maximum Gasteiger partial charge on any atom is 0.119 e. The Morgan fingerprint density at radius 2 is 1.74 bits per heavy atom. The van der Waals surface area contributed by atoms with Gasteiger partial charge in [0.05, 0.1) is 25.3 Å². The smallest absolute Gasteiger partial charge is 0.119 e. The number of imidazole rings is 1. The second-order valence-electron chi connectivity index (χ2n) is 4.27. The van der Waals surface area contributed by atoms with Crippen LogP contribution in [0.1, 0.15) is 0 Å². The van der Waals surface area contributed by atoms with Gasteiger partial charge in [0.15, 0.2) is 0 Å². The van der Waals surface area contributed by atoms with E-state index in [1.54, 1.807) is 13.4 Å². The van der Waals surface area contributed by atoms with Gasteiger partial charge in [0.1, 0.15) is 5.75 Å². The number of nitrogens with zero attached hydrogens (tertiary/aromatic N) is 1. The fourth-order valence-electron chi connectivity index (χ4n) is 2.06. The van der Waals surface area contributed by atoms with Gasteiger partial charge in [0.2, 0.25) is 0 Å². The zero-order chi connectivity index (χ0) is 13.1. The molecule has 0 radical (unpaired) electrons. The van der Waals surface area contributed by atoms with Crippen LogP contribution < -0.4 is 4.74 Å². The average molecular weight is 250 g/mol. The van der Waals surface area contributed by atoms with Crippen molar-refractivity contribution in [1.29, 1.82) is 0 Å². The quantitative estimate of drug-likeness (QED) is 0.768. The molecule has 0 aliphatic rings. The Morgan fingerprint density at radius 3 is 2.42 bits per heavy atom. The minimum atomic E-state index is 0.871. The fraction of sp³-hybridized carbons (Fsp3) is 0.0625. The van der Waals surface area contributed by atoms with Gasteiger partial charge in [-0.15, -0.1) is 0 Å². The molecule has 0 bridgehead atoms. The first-order valence-electron chi connectivity index (χ1n) is 6.10. The molecule has 0 saturated heterocycles. The molecule has 3 nitrogen and oxygen atoms in total. The normalized spacial score (nSPS) is 10.4. The van der Waals surface area contributed by atoms with Gasteiger partial charge < -0.3 is 9.72 Å². The Labute approximate surface area is 111 Å². The highest BCUT2D eigenvalue weighted by atomic mass is 16.5. The Hall–Kier alpha value is -2.55. The lowest BCUT2D eigenvalue weighted by atomic mass is 10.0. The number of aromatic nitrogens is 2. The van der Waals surface area contributed by atoms with E-state index in [-0.39, 0.29) is 0 Å². The van der Waals surface area contributed by atoms with Crippen LogP contribution in [0.15, 0.2) is 61.1 Å². The lowest BCUT2D eigenvalue weighted by Gasteiger charge is -2.05. The van der Waals surface area contributed by atoms with Gasteiger partial charge in [-0.2, -0.15) is 0 Å². The van der Waals surface area contributed by atoms with Crippen molar-refractivity contribution in [3.63, 3.8) is 0 Å². The number of hydrogen-bond acceptors (Lipinski definition) is 2. The number of nitrogens with one attached hydrogen (secondary N) is 1. The molecule has 1 aromatic heterocycles. The summed E-state index contributed by atoms with van der Waals surface area (Å²) in [6.07, 6.45) is 3.51. The predicted molar refractivity (Wildman–Crippen MR) is 76.0 cm³/mol. The van der Waals surface area contributed by atoms with E-state index in [4.69, 9.17) is 4.74 Å². The summed E-state index contributed by atoms with van der Waals surface area (Å²) in [4.78, 5) is 7.13. The standard InChI is InChI=1S/C16H14N2O/c1-19-15-4-2-3-14(9-15)12-5-7-13(8-6-12)16-10-17-11-18-16/h2-11H,1H3,(H,17,18). The van der Waals surface area contributed by atoms with Crippen LogP contribution in [0.2, 0.25) is 0 Å². The Morgan fingerprint density at radius 1 is 0.947 bits per heavy atom. The van der Waals surface area contributed by atoms with E-state index in [0.29, 0.717) is 0 Å². The molecule has 3 heteroatoms. The number of methoxy groups -OCH3 is 1. The third-order valence-electron chi connectivity index (χ3n) is 3.10. The number of aromatic amines is 1. The van der Waals surface area contributed by atoms with E-state index >= 15 is 0 Å². The highest BCUT2D eigenvalue weighted by Crippen LogP contribution is 2.26. The van der Waals surface area contributed by atoms with Gasteiger partial charge >= 0.3 is 0 Å². The molecular formula is C16H14N2O. The van der Waals surface area contributed by atoms with Crippen LogP contribution in [0.4, 0.5) is 0 Å². The third-order valence-corrected chi connectivity index (χ3v) is 3.10. The maximum atomic E-state index is 5.25. The summed E-state index contributed by atoms with van der Waals surface area (Å²) in [5, 5.41) is 0. The SMILES string of the molecule is COc1cccc(-c2ccc(-c3cnc[nH]3)cc2)c1. The second kappa shape index (κ2) is 4.98. The largest absolute Gasteiger partial charge is 0.497 e. The Balaban J connectivity index is 1.94. The van der Waals surface area contributed by atoms with Gasteiger partial charge in [0, 0.05) is 0 Å². The van der Waals surface area contributed by atoms with Gasteiger partial charge in [-0.05, 0) is 28.8 Å². The molecule has 0 fully saturated rings. The molecule has 1 N–H and O–H groups in total. The van der Waals surface area contributed by atoms with Gasteiger partial charge in [-0.1, -0.05) is 36.4 Å². The summed E-state index contributed by atoms with van der Waals surface area (Å²) in [5.41, 5.74) is 4.47. The van der Waals surface area contributed by atoms with Crippen molar-refractivity contribution in [1.82, 2.24) is 9.97 Å². The van der Waals surface area contributed by atoms with E-state index in [9.17, 15) is 0 Å². The van der Waals surface area contributed by atoms with E-state index in [1.165, 1.54) is 5.56 Å². The van der Waals surface area contributed by atoms with Crippen LogP contribution in [0.5, 0.6) is 5.75 Å². The van der Waals surface area contributed by atoms with E-state index in [1.807, 2.05) is 24.4 Å². The Bertz CT molecular complexity index is 657. The first-order valence-corrected chi connectivity index (χ1v) is 6.10. The zero-order valence-corrected chi connectivity index (χ0v) is 10.6. The lowest BCUT2D eigenvalue weighted by Crippen LogP contribution is -1.84. The molecule has 94 valence electrons. The van der Waals surface area contributed by atoms with Crippen molar-refractivity contribution in [3.8, 4) is 28.1 Å². The van der Waals surface area contributed by atoms with Crippen LogP contribution in [-0.2, 0) is 0 Å². The molecule has 0 spiro atoms. The third kappa shape index (κ3) is 2.36. The number of rotatable bonds is 3. The molecule has 0 aliphatic heterocycles. The molecule has 2 aromatic carbocycles. The van der Waals surface area contributed by atoms with Crippen LogP contribution in [0.25, 0.3) is 22.4 Å². The summed E-state index contributed by atoms with van der Waals surface area (Å²) in [6.45, 7) is 0. The summed E-state index contributed by atoms with van der Waals surface area (Å²) < 4.78 is 5.25. The van der Waals surface area contributed by atoms with Crippen molar-refractivity contribution in [2.24, 2.45) is 0 Å². The molecule has 3 rings (SSSR count). The van der Waals surface area contributed by atoms with Crippen molar-refractivity contribution in [2.75, 3.05) is 7.11 Å². The highest BCUT2D eigenvalue weighted by molar-refractivity contribution is 5.69. The molecule has 0 amide bonds. The number of benzene rings is 2. The maximum absolute atomic E-state index is 5.25. The van der Waals surface area contributed by atoms with E-state index < -0.39 is 0 Å². The van der Waals surface area contributed by atoms with E-state index in [2.05, 4.69) is 40.3 Å². The predicted octanol–water partition coefficient (Wildman–Crippen LogP) is 3.75. The molecule has 0 unspecified atom stereocenters. The van der Waals surface area contributed by atoms with Crippen molar-refractivity contribution < 1.29 is 4.74 Å². The van der Waals surface area contributed by atoms with Crippen LogP contribution in [0.3, 0.4) is 0 Å². The number of ether oxygens (including phenoxy) is 1. The van der Waals surface area contributed by atoms with Crippen LogP contribution >= 0.6 is 0 Å². The van der Waals surface area contributed by atoms with Gasteiger partial charge in [-0.25, -0.2) is 4.98 Å². The van der Waals surface area contributed by atoms with Crippen molar-refractivity contribution >= 4 is 0 Å². The molecule has 0 atom stereocenters. The first-order chi connectivity index (χ1) is 9.36. The first kappa shape index (κ1) is 11.5. The molecule has 19 heavy (non-hydrogen) atoms. The van der Waals surface area contributed by atoms with Gasteiger partial charge in [-0.3, -0.25) is 0 Å². The summed E-state index contributed by atoms with van der Waals surface area (Å²) in [7, 11) is 1.68. The molecule has 0 saturated carbocycles. The summed E-state index contributed by atoms with van der Waals surface area (Å²) in [5.74, 6) is 0.871. The minimum absolute atomic E-state index is 0.871.